The van der Waals surface area contributed by atoms with Crippen LogP contribution < -0.4 is 10.1 Å². The molecule has 2 aromatic rings. The number of nitrogens with zero attached hydrogens (tertiary/aromatic N) is 1. The summed E-state index contributed by atoms with van der Waals surface area (Å²) in [6, 6.07) is 8.28. The number of hydrogen-bond acceptors (Lipinski definition) is 3. The lowest BCUT2D eigenvalue weighted by Gasteiger charge is -2.16. The molecule has 25 heavy (non-hydrogen) atoms. The summed E-state index contributed by atoms with van der Waals surface area (Å²) >= 11 is 0. The Balaban J connectivity index is 1.59. The molecule has 5 nitrogen and oxygen atoms in total. The van der Waals surface area contributed by atoms with Crippen LogP contribution in [0.5, 0.6) is 5.75 Å². The standard InChI is InChI=1S/C20H28N2O3/c1-24-14-13-22-12-11-17-18(22)9-6-10-19(17)25-15-20(23)21-16-7-4-2-3-5-8-16/h6,9-12,16H,2-5,7-8,13-15H2,1H3,(H,21,23). The van der Waals surface area contributed by atoms with Crippen LogP contribution in [-0.4, -0.2) is 36.8 Å². The number of carbonyl (C=O) groups is 1. The van der Waals surface area contributed by atoms with Crippen LogP contribution in [0.2, 0.25) is 0 Å². The van der Waals surface area contributed by atoms with Crippen molar-refractivity contribution in [3.63, 3.8) is 0 Å². The molecular formula is C20H28N2O3. The Morgan fingerprint density at radius 3 is 2.76 bits per heavy atom. The average Bonchev–Trinajstić information content (AvgIpc) is 2.87. The number of carbonyl (C=O) groups excluding carboxylic acids is 1. The Bertz CT molecular complexity index is 687. The van der Waals surface area contributed by atoms with Crippen molar-refractivity contribution in [2.75, 3.05) is 20.3 Å². The van der Waals surface area contributed by atoms with E-state index in [0.29, 0.717) is 12.6 Å². The van der Waals surface area contributed by atoms with Gasteiger partial charge in [0.15, 0.2) is 6.61 Å². The van der Waals surface area contributed by atoms with Crippen molar-refractivity contribution in [2.45, 2.75) is 51.1 Å². The lowest BCUT2D eigenvalue weighted by molar-refractivity contribution is -0.123. The third-order valence-electron chi connectivity index (χ3n) is 4.89. The zero-order valence-corrected chi connectivity index (χ0v) is 15.0. The number of benzene rings is 1. The van der Waals surface area contributed by atoms with Gasteiger partial charge in [-0.15, -0.1) is 0 Å². The monoisotopic (exact) mass is 344 g/mol. The predicted octanol–water partition coefficient (Wildman–Crippen LogP) is 3.51. The van der Waals surface area contributed by atoms with Gasteiger partial charge in [-0.2, -0.15) is 0 Å². The zero-order valence-electron chi connectivity index (χ0n) is 15.0. The number of methoxy groups -OCH3 is 1. The second-order valence-electron chi connectivity index (χ2n) is 6.74. The Morgan fingerprint density at radius 1 is 1.20 bits per heavy atom. The van der Waals surface area contributed by atoms with Gasteiger partial charge in [-0.25, -0.2) is 0 Å². The van der Waals surface area contributed by atoms with Crippen molar-refractivity contribution in [2.24, 2.45) is 0 Å². The van der Waals surface area contributed by atoms with Crippen LogP contribution in [0.1, 0.15) is 38.5 Å². The van der Waals surface area contributed by atoms with Crippen molar-refractivity contribution in [1.29, 1.82) is 0 Å². The summed E-state index contributed by atoms with van der Waals surface area (Å²) in [5.74, 6) is 0.729. The largest absolute Gasteiger partial charge is 0.483 e. The SMILES string of the molecule is COCCn1ccc2c(OCC(=O)NC3CCCCCC3)cccc21. The third-order valence-corrected chi connectivity index (χ3v) is 4.89. The van der Waals surface area contributed by atoms with Crippen LogP contribution in [0.25, 0.3) is 10.9 Å². The van der Waals surface area contributed by atoms with Crippen LogP contribution in [0.15, 0.2) is 30.5 Å². The Hall–Kier alpha value is -2.01. The molecule has 0 radical (unpaired) electrons. The molecule has 1 aliphatic carbocycles. The van der Waals surface area contributed by atoms with E-state index >= 15 is 0 Å². The van der Waals surface area contributed by atoms with Gasteiger partial charge in [0, 0.05) is 31.3 Å². The first-order valence-electron chi connectivity index (χ1n) is 9.27. The molecule has 136 valence electrons. The molecule has 1 heterocycles. The van der Waals surface area contributed by atoms with E-state index in [-0.39, 0.29) is 12.5 Å². The number of nitrogens with one attached hydrogen (secondary N) is 1. The van der Waals surface area contributed by atoms with Crippen LogP contribution in [-0.2, 0) is 16.1 Å². The van der Waals surface area contributed by atoms with E-state index in [0.717, 1.165) is 36.0 Å². The Morgan fingerprint density at radius 2 is 2.00 bits per heavy atom. The van der Waals surface area contributed by atoms with E-state index in [1.165, 1.54) is 25.7 Å². The van der Waals surface area contributed by atoms with Gasteiger partial charge in [0.2, 0.25) is 0 Å². The number of fused-ring (bicyclic) bond motifs is 1. The lowest BCUT2D eigenvalue weighted by atomic mass is 10.1. The minimum Gasteiger partial charge on any atom is -0.483 e. The fraction of sp³-hybridized carbons (Fsp3) is 0.550. The van der Waals surface area contributed by atoms with E-state index in [9.17, 15) is 4.79 Å². The van der Waals surface area contributed by atoms with E-state index in [2.05, 4.69) is 16.0 Å². The van der Waals surface area contributed by atoms with Gasteiger partial charge in [-0.3, -0.25) is 4.79 Å². The molecule has 3 rings (SSSR count). The van der Waals surface area contributed by atoms with Gasteiger partial charge < -0.3 is 19.4 Å². The van der Waals surface area contributed by atoms with Gasteiger partial charge in [0.1, 0.15) is 5.75 Å². The molecule has 1 aromatic carbocycles. The topological polar surface area (TPSA) is 52.5 Å². The first kappa shape index (κ1) is 17.8. The molecule has 0 saturated heterocycles. The van der Waals surface area contributed by atoms with Crippen LogP contribution in [0, 0.1) is 0 Å². The highest BCUT2D eigenvalue weighted by Crippen LogP contribution is 2.26. The maximum Gasteiger partial charge on any atom is 0.258 e. The van der Waals surface area contributed by atoms with Crippen molar-refractivity contribution in [3.8, 4) is 5.75 Å². The van der Waals surface area contributed by atoms with Crippen LogP contribution in [0.4, 0.5) is 0 Å². The smallest absolute Gasteiger partial charge is 0.258 e. The fourth-order valence-corrected chi connectivity index (χ4v) is 3.54. The van der Waals surface area contributed by atoms with E-state index in [4.69, 9.17) is 9.47 Å². The second-order valence-corrected chi connectivity index (χ2v) is 6.74. The minimum absolute atomic E-state index is 0.0253. The van der Waals surface area contributed by atoms with E-state index in [1.807, 2.05) is 24.4 Å². The van der Waals surface area contributed by atoms with Gasteiger partial charge in [-0.1, -0.05) is 31.7 Å². The summed E-state index contributed by atoms with van der Waals surface area (Å²) < 4.78 is 13.1. The first-order chi connectivity index (χ1) is 12.3. The Labute approximate surface area is 149 Å². The summed E-state index contributed by atoms with van der Waals surface area (Å²) in [5.41, 5.74) is 1.10. The summed E-state index contributed by atoms with van der Waals surface area (Å²) in [6.07, 6.45) is 9.19. The van der Waals surface area contributed by atoms with Crippen molar-refractivity contribution in [3.05, 3.63) is 30.5 Å². The number of rotatable bonds is 7. The Kier molecular flexibility index (Phi) is 6.34. The molecule has 1 fully saturated rings. The normalized spacial score (nSPS) is 15.9. The molecule has 0 atom stereocenters. The lowest BCUT2D eigenvalue weighted by Crippen LogP contribution is -2.37. The molecule has 0 unspecified atom stereocenters. The first-order valence-corrected chi connectivity index (χ1v) is 9.27. The molecular weight excluding hydrogens is 316 g/mol. The molecule has 1 amide bonds. The molecule has 1 aliphatic rings. The number of ether oxygens (including phenoxy) is 2. The van der Waals surface area contributed by atoms with E-state index in [1.54, 1.807) is 7.11 Å². The fourth-order valence-electron chi connectivity index (χ4n) is 3.54. The molecule has 5 heteroatoms. The molecule has 0 aliphatic heterocycles. The maximum absolute atomic E-state index is 12.2. The van der Waals surface area contributed by atoms with Gasteiger partial charge in [0.25, 0.3) is 5.91 Å². The summed E-state index contributed by atoms with van der Waals surface area (Å²) in [7, 11) is 1.70. The van der Waals surface area contributed by atoms with Gasteiger partial charge >= 0.3 is 0 Å². The number of hydrogen-bond donors (Lipinski definition) is 1. The van der Waals surface area contributed by atoms with E-state index < -0.39 is 0 Å². The van der Waals surface area contributed by atoms with Crippen LogP contribution in [0.3, 0.4) is 0 Å². The minimum atomic E-state index is -0.0253. The highest BCUT2D eigenvalue weighted by molar-refractivity contribution is 5.87. The van der Waals surface area contributed by atoms with Crippen molar-refractivity contribution in [1.82, 2.24) is 9.88 Å². The highest BCUT2D eigenvalue weighted by atomic mass is 16.5. The molecule has 1 aromatic heterocycles. The summed E-state index contributed by atoms with van der Waals surface area (Å²) in [6.45, 7) is 1.53. The van der Waals surface area contributed by atoms with Crippen molar-refractivity contribution >= 4 is 16.8 Å². The summed E-state index contributed by atoms with van der Waals surface area (Å²) in [4.78, 5) is 12.2. The quantitative estimate of drug-likeness (QED) is 0.782. The highest BCUT2D eigenvalue weighted by Gasteiger charge is 2.15. The second kappa shape index (κ2) is 8.90. The number of aromatic nitrogens is 1. The van der Waals surface area contributed by atoms with Crippen molar-refractivity contribution < 1.29 is 14.3 Å². The predicted molar refractivity (Wildman–Crippen MR) is 98.9 cm³/mol. The molecule has 1 saturated carbocycles. The van der Waals surface area contributed by atoms with Gasteiger partial charge in [-0.05, 0) is 31.0 Å². The average molecular weight is 344 g/mol. The zero-order chi connectivity index (χ0) is 17.5. The van der Waals surface area contributed by atoms with Crippen LogP contribution >= 0.6 is 0 Å². The molecule has 1 N–H and O–H groups in total. The molecule has 0 spiro atoms. The van der Waals surface area contributed by atoms with Gasteiger partial charge in [0.05, 0.1) is 12.1 Å². The molecule has 0 bridgehead atoms. The maximum atomic E-state index is 12.2. The number of amides is 1. The summed E-state index contributed by atoms with van der Waals surface area (Å²) in [5, 5.41) is 4.15. The third kappa shape index (κ3) is 4.75.